The standard InChI is InChI=1S/C52H73F3N8O11S/c1-7-18-62(31-35(2)58-47(66)40-16-14-39(15-17-40)46-60-50(74-61-46)52(53,54)55)19-8-9-20-69-21-22-70-23-24-71-25-26-72-27-28-73-33-43(65)59-45(51(4,5)6)49(68)63-32-41(64)29-42(63)48(67)56-30-37-10-12-38(13-11-37)44-36(3)57-34-75-44/h10-17,34-35,41-42,45,64H,7-9,18-33H2,1-6H3,(H,56,67)(H,58,66)(H,59,65). The molecule has 0 spiro atoms. The molecule has 0 bridgehead atoms. The van der Waals surface area contributed by atoms with E-state index >= 15 is 0 Å². The number of aliphatic hydroxyl groups excluding tert-OH is 1. The number of hydrogen-bond donors (Lipinski definition) is 4. The molecule has 4 amide bonds. The second-order valence-electron chi connectivity index (χ2n) is 19.3. The van der Waals surface area contributed by atoms with Crippen LogP contribution in [0.25, 0.3) is 21.8 Å². The predicted octanol–water partition coefficient (Wildman–Crippen LogP) is 5.69. The molecule has 4 aromatic rings. The topological polar surface area (TPSA) is 229 Å². The molecule has 75 heavy (non-hydrogen) atoms. The van der Waals surface area contributed by atoms with E-state index in [0.29, 0.717) is 63.9 Å². The SMILES string of the molecule is CCCN(CCCCOCCOCCOCCOCCOCC(=O)NC(C(=O)N1CC(O)CC1C(=O)NCc1ccc(-c2scnc2C)cc1)C(C)(C)C)CC(C)NC(=O)c1ccc(-c2noc(C(F)(F)F)n2)cc1. The number of unbranched alkanes of at least 4 members (excludes halogenated alkanes) is 1. The van der Waals surface area contributed by atoms with Crippen LogP contribution in [-0.4, -0.2) is 170 Å². The lowest BCUT2D eigenvalue weighted by Gasteiger charge is -2.35. The number of amides is 4. The molecule has 0 aliphatic carbocycles. The van der Waals surface area contributed by atoms with Gasteiger partial charge in [0.2, 0.25) is 23.5 Å². The van der Waals surface area contributed by atoms with Gasteiger partial charge in [0.05, 0.1) is 75.0 Å². The maximum absolute atomic E-state index is 13.9. The van der Waals surface area contributed by atoms with E-state index in [-0.39, 0.29) is 63.0 Å². The van der Waals surface area contributed by atoms with Gasteiger partial charge in [-0.3, -0.25) is 19.2 Å². The fourth-order valence-corrected chi connectivity index (χ4v) is 8.96. The monoisotopic (exact) mass is 1070 g/mol. The molecule has 23 heteroatoms. The Labute approximate surface area is 440 Å². The number of aliphatic hydroxyl groups is 1. The Kier molecular flexibility index (Phi) is 24.5. The van der Waals surface area contributed by atoms with Gasteiger partial charge in [0.25, 0.3) is 5.91 Å². The molecule has 1 aliphatic rings. The van der Waals surface area contributed by atoms with Crippen LogP contribution < -0.4 is 16.0 Å². The van der Waals surface area contributed by atoms with Crippen LogP contribution in [0.1, 0.15) is 87.8 Å². The van der Waals surface area contributed by atoms with Gasteiger partial charge in [-0.1, -0.05) is 69.2 Å². The van der Waals surface area contributed by atoms with E-state index in [4.69, 9.17) is 23.7 Å². The summed E-state index contributed by atoms with van der Waals surface area (Å²) in [4.78, 5) is 65.6. The lowest BCUT2D eigenvalue weighted by Crippen LogP contribution is -2.58. The minimum Gasteiger partial charge on any atom is -0.391 e. The first-order valence-corrected chi connectivity index (χ1v) is 26.2. The van der Waals surface area contributed by atoms with Crippen molar-refractivity contribution in [3.8, 4) is 21.8 Å². The van der Waals surface area contributed by atoms with Crippen LogP contribution in [0.15, 0.2) is 58.6 Å². The summed E-state index contributed by atoms with van der Waals surface area (Å²) in [6, 6.07) is 11.8. The molecule has 3 heterocycles. The van der Waals surface area contributed by atoms with Crippen molar-refractivity contribution in [3.63, 3.8) is 0 Å². The average molecular weight is 1080 g/mol. The molecular weight excluding hydrogens is 1000 g/mol. The lowest BCUT2D eigenvalue weighted by molar-refractivity contribution is -0.159. The van der Waals surface area contributed by atoms with Crippen molar-refractivity contribution >= 4 is 35.0 Å². The number of carbonyl (C=O) groups excluding carboxylic acids is 4. The second kappa shape index (κ2) is 30.4. The number of β-amino-alcohol motifs (C(OH)–C–C–N with tert-alkyl or cyclic N) is 1. The molecule has 4 N–H and O–H groups in total. The van der Waals surface area contributed by atoms with E-state index in [9.17, 15) is 37.5 Å². The molecule has 1 fully saturated rings. The highest BCUT2D eigenvalue weighted by molar-refractivity contribution is 7.13. The van der Waals surface area contributed by atoms with Gasteiger partial charge < -0.3 is 59.1 Å². The van der Waals surface area contributed by atoms with E-state index in [1.165, 1.54) is 29.2 Å². The van der Waals surface area contributed by atoms with Crippen LogP contribution in [-0.2, 0) is 50.8 Å². The minimum absolute atomic E-state index is 0.0276. The predicted molar refractivity (Wildman–Crippen MR) is 273 cm³/mol. The highest BCUT2D eigenvalue weighted by Crippen LogP contribution is 2.30. The Morgan fingerprint density at radius 1 is 0.853 bits per heavy atom. The molecule has 19 nitrogen and oxygen atoms in total. The van der Waals surface area contributed by atoms with Crippen molar-refractivity contribution in [3.05, 3.63) is 76.8 Å². The van der Waals surface area contributed by atoms with Crippen LogP contribution in [0, 0.1) is 12.3 Å². The van der Waals surface area contributed by atoms with Crippen molar-refractivity contribution in [2.75, 3.05) is 92.2 Å². The number of halogens is 3. The first-order valence-electron chi connectivity index (χ1n) is 25.3. The van der Waals surface area contributed by atoms with Gasteiger partial charge >= 0.3 is 12.1 Å². The summed E-state index contributed by atoms with van der Waals surface area (Å²) in [6.07, 6.45) is -2.81. The Morgan fingerprint density at radius 3 is 2.04 bits per heavy atom. The summed E-state index contributed by atoms with van der Waals surface area (Å²) in [6.45, 7) is 17.0. The van der Waals surface area contributed by atoms with Crippen LogP contribution >= 0.6 is 11.3 Å². The first kappa shape index (κ1) is 60.5. The number of rotatable bonds is 32. The number of alkyl halides is 3. The van der Waals surface area contributed by atoms with E-state index in [2.05, 4.69) is 47.4 Å². The zero-order valence-corrected chi connectivity index (χ0v) is 44.6. The van der Waals surface area contributed by atoms with Crippen LogP contribution in [0.4, 0.5) is 13.2 Å². The molecule has 2 aromatic carbocycles. The minimum atomic E-state index is -4.74. The Morgan fingerprint density at radius 2 is 1.47 bits per heavy atom. The molecule has 414 valence electrons. The van der Waals surface area contributed by atoms with Crippen molar-refractivity contribution in [2.45, 2.75) is 104 Å². The third kappa shape index (κ3) is 20.2. The summed E-state index contributed by atoms with van der Waals surface area (Å²) in [5.41, 5.74) is 4.62. The van der Waals surface area contributed by atoms with E-state index < -0.39 is 47.5 Å². The summed E-state index contributed by atoms with van der Waals surface area (Å²) in [5.74, 6) is -3.28. The molecule has 5 rings (SSSR count). The van der Waals surface area contributed by atoms with Gasteiger partial charge in [0.1, 0.15) is 18.7 Å². The molecule has 1 saturated heterocycles. The smallest absolute Gasteiger partial charge is 0.391 e. The fourth-order valence-electron chi connectivity index (χ4n) is 8.14. The van der Waals surface area contributed by atoms with Gasteiger partial charge in [0, 0.05) is 49.8 Å². The summed E-state index contributed by atoms with van der Waals surface area (Å²) < 4.78 is 70.7. The zero-order chi connectivity index (χ0) is 54.4. The summed E-state index contributed by atoms with van der Waals surface area (Å²) >= 11 is 1.56. The van der Waals surface area contributed by atoms with Gasteiger partial charge in [-0.25, -0.2) is 4.98 Å². The normalized spacial score (nSPS) is 15.8. The molecular formula is C52H73F3N8O11S. The number of aryl methyl sites for hydroxylation is 1. The number of nitrogens with zero attached hydrogens (tertiary/aromatic N) is 5. The largest absolute Gasteiger partial charge is 0.471 e. The quantitative estimate of drug-likeness (QED) is 0.0431. The zero-order valence-electron chi connectivity index (χ0n) is 43.7. The fraction of sp³-hybridized carbons (Fsp3) is 0.596. The highest BCUT2D eigenvalue weighted by atomic mass is 32.1. The van der Waals surface area contributed by atoms with E-state index in [0.717, 1.165) is 54.0 Å². The van der Waals surface area contributed by atoms with Crippen LogP contribution in [0.3, 0.4) is 0 Å². The highest BCUT2D eigenvalue weighted by Gasteiger charge is 2.44. The number of hydrogen-bond acceptors (Lipinski definition) is 16. The van der Waals surface area contributed by atoms with Gasteiger partial charge in [0.15, 0.2) is 0 Å². The Balaban J connectivity index is 0.847. The molecule has 1 aliphatic heterocycles. The van der Waals surface area contributed by atoms with Gasteiger partial charge in [-0.05, 0) is 74.9 Å². The number of thiazole rings is 1. The molecule has 2 aromatic heterocycles. The van der Waals surface area contributed by atoms with Crippen molar-refractivity contribution < 1.29 is 65.7 Å². The summed E-state index contributed by atoms with van der Waals surface area (Å²) in [5, 5.41) is 22.6. The Bertz CT molecular complexity index is 2370. The molecule has 4 unspecified atom stereocenters. The van der Waals surface area contributed by atoms with Crippen LogP contribution in [0.2, 0.25) is 0 Å². The number of aromatic nitrogens is 3. The third-order valence-corrected chi connectivity index (χ3v) is 12.9. The third-order valence-electron chi connectivity index (χ3n) is 12.0. The molecule has 4 atom stereocenters. The number of likely N-dealkylation sites (tertiary alicyclic amines) is 1. The number of benzene rings is 2. The maximum atomic E-state index is 13.9. The second-order valence-corrected chi connectivity index (χ2v) is 20.2. The van der Waals surface area contributed by atoms with Gasteiger partial charge in [-0.15, -0.1) is 11.3 Å². The van der Waals surface area contributed by atoms with Crippen molar-refractivity contribution in [2.24, 2.45) is 5.41 Å². The summed E-state index contributed by atoms with van der Waals surface area (Å²) in [7, 11) is 0. The first-order chi connectivity index (χ1) is 35.8. The number of carbonyl (C=O) groups is 4. The lowest BCUT2D eigenvalue weighted by atomic mass is 9.85. The average Bonchev–Trinajstić information content (AvgIpc) is 4.15. The van der Waals surface area contributed by atoms with E-state index in [1.54, 1.807) is 16.8 Å². The van der Waals surface area contributed by atoms with E-state index in [1.807, 2.05) is 58.9 Å². The number of nitrogens with one attached hydrogen (secondary N) is 3. The maximum Gasteiger partial charge on any atom is 0.471 e. The molecule has 0 saturated carbocycles. The molecule has 0 radical (unpaired) electrons. The number of ether oxygens (including phenoxy) is 5. The Hall–Kier alpha value is -5.40. The van der Waals surface area contributed by atoms with Crippen molar-refractivity contribution in [1.82, 2.24) is 40.9 Å². The van der Waals surface area contributed by atoms with Crippen LogP contribution in [0.5, 0.6) is 0 Å². The van der Waals surface area contributed by atoms with Gasteiger partial charge in [-0.2, -0.15) is 18.2 Å². The van der Waals surface area contributed by atoms with Crippen molar-refractivity contribution in [1.29, 1.82) is 0 Å².